The van der Waals surface area contributed by atoms with E-state index in [1.54, 1.807) is 30.0 Å². The van der Waals surface area contributed by atoms with Crippen molar-refractivity contribution in [1.29, 1.82) is 0 Å². The molecule has 0 radical (unpaired) electrons. The fourth-order valence-corrected chi connectivity index (χ4v) is 9.19. The summed E-state index contributed by atoms with van der Waals surface area (Å²) in [5, 5.41) is 20.5. The van der Waals surface area contributed by atoms with Crippen LogP contribution in [0.25, 0.3) is 11.0 Å². The first-order chi connectivity index (χ1) is 22.5. The van der Waals surface area contributed by atoms with Crippen LogP contribution in [0.5, 0.6) is 0 Å². The number of β-lactam (4-membered cyclic amide) rings is 1. The monoisotopic (exact) mass is 682 g/mol. The number of hydrogen-bond donors (Lipinski definition) is 2. The van der Waals surface area contributed by atoms with Crippen molar-refractivity contribution in [3.05, 3.63) is 72.3 Å². The minimum atomic E-state index is -1.17. The molecule has 1 aromatic carbocycles. The largest absolute Gasteiger partial charge is 0.464 e. The number of para-hydroxylation sites is 1. The summed E-state index contributed by atoms with van der Waals surface area (Å²) in [5.74, 6) is -1.53. The summed E-state index contributed by atoms with van der Waals surface area (Å²) >= 11 is 2.65. The van der Waals surface area contributed by atoms with Gasteiger partial charge in [0.1, 0.15) is 18.9 Å². The molecule has 2 amide bonds. The predicted molar refractivity (Wildman–Crippen MR) is 179 cm³/mol. The lowest BCUT2D eigenvalue weighted by Crippen LogP contribution is -2.63. The number of carbonyl (C=O) groups excluding carboxylic acids is 3. The molecule has 6 atom stereocenters. The van der Waals surface area contributed by atoms with Gasteiger partial charge >= 0.3 is 18.2 Å². The number of amides is 2. The van der Waals surface area contributed by atoms with Crippen LogP contribution in [0.4, 0.5) is 9.59 Å². The van der Waals surface area contributed by atoms with Crippen molar-refractivity contribution in [3.63, 3.8) is 0 Å². The number of carbonyl (C=O) groups is 4. The number of hydrogen-bond acceptors (Lipinski definition) is 10. The van der Waals surface area contributed by atoms with Gasteiger partial charge in [-0.15, -0.1) is 18.3 Å². The van der Waals surface area contributed by atoms with Gasteiger partial charge in [-0.05, 0) is 31.4 Å². The quantitative estimate of drug-likeness (QED) is 0.131. The SMILES string of the molecule is C=CCOC(=O)C1=C(S[C@H]2C[C@H](CSc3nc4c(CC=C)cccc4n3C(=O)O)N(C(=O)OCC=C)C2)[C@@H](C)C2[C@H]([C@H](C)O)C(=O)N12. The number of aliphatic hydroxyl groups is 1. The Labute approximate surface area is 281 Å². The second kappa shape index (κ2) is 14.4. The van der Waals surface area contributed by atoms with Gasteiger partial charge in [0.05, 0.1) is 29.1 Å². The van der Waals surface area contributed by atoms with Crippen LogP contribution < -0.4 is 0 Å². The molecule has 1 aromatic heterocycles. The fourth-order valence-electron chi connectivity index (χ4n) is 6.51. The maximum Gasteiger partial charge on any atom is 0.418 e. The first kappa shape index (κ1) is 34.3. The molecular weight excluding hydrogens is 645 g/mol. The number of aromatic nitrogens is 2. The van der Waals surface area contributed by atoms with Crippen molar-refractivity contribution in [2.45, 2.75) is 55.3 Å². The molecule has 0 aliphatic carbocycles. The van der Waals surface area contributed by atoms with Gasteiger partial charge in [-0.3, -0.25) is 4.79 Å². The molecule has 0 saturated carbocycles. The number of allylic oxidation sites excluding steroid dienone is 1. The summed E-state index contributed by atoms with van der Waals surface area (Å²) in [6, 6.07) is 4.63. The summed E-state index contributed by atoms with van der Waals surface area (Å²) in [5.41, 5.74) is 2.07. The Bertz CT molecular complexity index is 1650. The van der Waals surface area contributed by atoms with Crippen molar-refractivity contribution in [1.82, 2.24) is 19.4 Å². The van der Waals surface area contributed by atoms with E-state index < -0.39 is 30.2 Å². The van der Waals surface area contributed by atoms with Crippen molar-refractivity contribution < 1.29 is 38.9 Å². The van der Waals surface area contributed by atoms with Gasteiger partial charge in [0.2, 0.25) is 5.91 Å². The Hall–Kier alpha value is -4.01. The lowest BCUT2D eigenvalue weighted by molar-refractivity contribution is -0.164. The van der Waals surface area contributed by atoms with Gasteiger partial charge in [-0.25, -0.2) is 23.9 Å². The Balaban J connectivity index is 1.41. The van der Waals surface area contributed by atoms with Crippen LogP contribution in [0.15, 0.2) is 71.9 Å². The Morgan fingerprint density at radius 2 is 1.87 bits per heavy atom. The standard InChI is InChI=1S/C33H38N4O8S2/c1-6-10-20-11-9-12-23-25(20)34-31(36(23)32(41)42)46-17-21-15-22(16-35(21)33(43)45-14-8-3)47-28-18(4)26-24(19(5)38)29(39)37(26)27(28)30(40)44-13-7-2/h6-9,11-12,18-19,21-22,24,26,38H,1-3,10,13-17H2,4-5H3,(H,41,42)/t18-,19-,21+,22-,24-,26?/m0/s1. The van der Waals surface area contributed by atoms with Gasteiger partial charge in [0.15, 0.2) is 5.16 Å². The fraction of sp³-hybridized carbons (Fsp3) is 0.424. The Kier molecular flexibility index (Phi) is 10.5. The molecule has 2 saturated heterocycles. The first-order valence-corrected chi connectivity index (χ1v) is 17.1. The van der Waals surface area contributed by atoms with Crippen LogP contribution in [-0.2, 0) is 25.5 Å². The maximum absolute atomic E-state index is 13.2. The molecule has 5 rings (SSSR count). The molecule has 0 spiro atoms. The Morgan fingerprint density at radius 3 is 2.53 bits per heavy atom. The molecule has 2 fully saturated rings. The molecular formula is C33H38N4O8S2. The van der Waals surface area contributed by atoms with Crippen LogP contribution >= 0.6 is 23.5 Å². The average Bonchev–Trinajstić information content (AvgIpc) is 3.69. The smallest absolute Gasteiger partial charge is 0.418 e. The van der Waals surface area contributed by atoms with E-state index in [1.165, 1.54) is 40.6 Å². The van der Waals surface area contributed by atoms with Crippen LogP contribution in [0, 0.1) is 11.8 Å². The molecule has 2 aromatic rings. The number of aliphatic hydroxyl groups excluding tert-OH is 1. The van der Waals surface area contributed by atoms with Crippen molar-refractivity contribution in [3.8, 4) is 0 Å². The van der Waals surface area contributed by atoms with Crippen molar-refractivity contribution >= 4 is 58.6 Å². The van der Waals surface area contributed by atoms with E-state index in [0.29, 0.717) is 34.5 Å². The lowest BCUT2D eigenvalue weighted by atomic mass is 9.79. The highest BCUT2D eigenvalue weighted by Gasteiger charge is 2.60. The number of imidazole rings is 1. The van der Waals surface area contributed by atoms with Gasteiger partial charge < -0.3 is 29.5 Å². The summed E-state index contributed by atoms with van der Waals surface area (Å²) in [4.78, 5) is 60.2. The molecule has 250 valence electrons. The lowest BCUT2D eigenvalue weighted by Gasteiger charge is -2.46. The number of benzene rings is 1. The normalized spacial score (nSPS) is 24.1. The van der Waals surface area contributed by atoms with E-state index in [2.05, 4.69) is 24.7 Å². The van der Waals surface area contributed by atoms with Gasteiger partial charge in [-0.1, -0.05) is 62.2 Å². The molecule has 12 nitrogen and oxygen atoms in total. The Morgan fingerprint density at radius 1 is 1.15 bits per heavy atom. The van der Waals surface area contributed by atoms with Gasteiger partial charge in [-0.2, -0.15) is 0 Å². The summed E-state index contributed by atoms with van der Waals surface area (Å²) < 4.78 is 11.9. The summed E-state index contributed by atoms with van der Waals surface area (Å²) in [6.45, 7) is 14.8. The number of nitrogens with zero attached hydrogens (tertiary/aromatic N) is 4. The second-order valence-electron chi connectivity index (χ2n) is 11.6. The predicted octanol–water partition coefficient (Wildman–Crippen LogP) is 4.68. The van der Waals surface area contributed by atoms with Crippen molar-refractivity contribution in [2.75, 3.05) is 25.5 Å². The van der Waals surface area contributed by atoms with E-state index in [-0.39, 0.29) is 59.8 Å². The van der Waals surface area contributed by atoms with E-state index in [9.17, 15) is 29.4 Å². The van der Waals surface area contributed by atoms with E-state index in [4.69, 9.17) is 9.47 Å². The topological polar surface area (TPSA) is 152 Å². The third kappa shape index (κ3) is 6.46. The maximum atomic E-state index is 13.2. The second-order valence-corrected chi connectivity index (χ2v) is 13.9. The molecule has 3 aliphatic rings. The molecule has 47 heavy (non-hydrogen) atoms. The molecule has 3 aliphatic heterocycles. The zero-order valence-electron chi connectivity index (χ0n) is 26.2. The van der Waals surface area contributed by atoms with Crippen LogP contribution in [0.1, 0.15) is 25.8 Å². The molecule has 14 heteroatoms. The minimum absolute atomic E-state index is 0.0227. The van der Waals surface area contributed by atoms with Crippen LogP contribution in [0.3, 0.4) is 0 Å². The highest BCUT2D eigenvalue weighted by molar-refractivity contribution is 8.03. The highest BCUT2D eigenvalue weighted by atomic mass is 32.2. The van der Waals surface area contributed by atoms with Gasteiger partial charge in [0.25, 0.3) is 0 Å². The number of thioether (sulfide) groups is 2. The first-order valence-electron chi connectivity index (χ1n) is 15.3. The number of esters is 1. The molecule has 4 heterocycles. The third-order valence-electron chi connectivity index (χ3n) is 8.56. The molecule has 2 N–H and O–H groups in total. The third-order valence-corrected chi connectivity index (χ3v) is 11.1. The number of rotatable bonds is 13. The zero-order valence-corrected chi connectivity index (χ0v) is 27.9. The van der Waals surface area contributed by atoms with Crippen LogP contribution in [-0.4, -0.2) is 103 Å². The van der Waals surface area contributed by atoms with E-state index >= 15 is 0 Å². The highest BCUT2D eigenvalue weighted by Crippen LogP contribution is 2.52. The number of ether oxygens (including phenoxy) is 2. The number of fused-ring (bicyclic) bond motifs is 2. The van der Waals surface area contributed by atoms with E-state index in [0.717, 1.165) is 10.1 Å². The van der Waals surface area contributed by atoms with Crippen LogP contribution in [0.2, 0.25) is 0 Å². The van der Waals surface area contributed by atoms with E-state index in [1.807, 2.05) is 13.0 Å². The molecule has 0 bridgehead atoms. The minimum Gasteiger partial charge on any atom is -0.464 e. The zero-order chi connectivity index (χ0) is 34.0. The van der Waals surface area contributed by atoms with Crippen molar-refractivity contribution in [2.24, 2.45) is 11.8 Å². The average molecular weight is 683 g/mol. The summed E-state index contributed by atoms with van der Waals surface area (Å²) in [7, 11) is 0. The summed E-state index contributed by atoms with van der Waals surface area (Å²) in [6.07, 6.45) is 3.10. The number of likely N-dealkylation sites (tertiary alicyclic amines) is 1. The number of carboxylic acid groups (broad SMARTS) is 1. The molecule has 1 unspecified atom stereocenters. The van der Waals surface area contributed by atoms with Gasteiger partial charge in [0, 0.05) is 34.4 Å².